The Hall–Kier alpha value is -1.79. The van der Waals surface area contributed by atoms with E-state index in [1.54, 1.807) is 7.05 Å². The third-order valence-corrected chi connectivity index (χ3v) is 5.14. The number of fused-ring (bicyclic) bond motifs is 1. The highest BCUT2D eigenvalue weighted by molar-refractivity contribution is 6.03. The van der Waals surface area contributed by atoms with E-state index in [0.717, 1.165) is 38.4 Å². The topological polar surface area (TPSA) is 68.2 Å². The highest BCUT2D eigenvalue weighted by atomic mass is 16.2. The second-order valence-corrected chi connectivity index (χ2v) is 6.83. The average Bonchev–Trinajstić information content (AvgIpc) is 2.97. The van der Waals surface area contributed by atoms with E-state index < -0.39 is 12.2 Å². The summed E-state index contributed by atoms with van der Waals surface area (Å²) in [7, 11) is 1.71. The van der Waals surface area contributed by atoms with Crippen LogP contribution in [0.5, 0.6) is 0 Å². The van der Waals surface area contributed by atoms with Crippen LogP contribution >= 0.6 is 0 Å². The molecular weight excluding hydrogens is 318 g/mol. The van der Waals surface area contributed by atoms with Gasteiger partial charge in [-0.05, 0) is 20.3 Å². The average molecular weight is 351 g/mol. The van der Waals surface area contributed by atoms with Gasteiger partial charge in [-0.2, -0.15) is 0 Å². The van der Waals surface area contributed by atoms with Crippen molar-refractivity contribution < 1.29 is 9.59 Å². The number of rotatable bonds is 9. The fourth-order valence-corrected chi connectivity index (χ4v) is 3.58. The van der Waals surface area contributed by atoms with Crippen molar-refractivity contribution in [2.45, 2.75) is 71.5 Å². The Morgan fingerprint density at radius 1 is 1.04 bits per heavy atom. The van der Waals surface area contributed by atoms with Gasteiger partial charge < -0.3 is 14.7 Å². The van der Waals surface area contributed by atoms with Crippen LogP contribution in [-0.2, 0) is 4.79 Å². The van der Waals surface area contributed by atoms with Crippen LogP contribution in [0.25, 0.3) is 0 Å². The number of amides is 3. The lowest BCUT2D eigenvalue weighted by Gasteiger charge is -2.37. The van der Waals surface area contributed by atoms with Crippen molar-refractivity contribution in [2.24, 2.45) is 4.99 Å². The number of unbranched alkanes of at least 4 members (excludes halogenated alkanes) is 5. The van der Waals surface area contributed by atoms with Gasteiger partial charge in [0, 0.05) is 26.7 Å². The van der Waals surface area contributed by atoms with Crippen molar-refractivity contribution in [3.05, 3.63) is 0 Å². The highest BCUT2D eigenvalue weighted by Gasteiger charge is 2.49. The monoisotopic (exact) mass is 351 g/mol. The zero-order valence-corrected chi connectivity index (χ0v) is 16.1. The lowest BCUT2D eigenvalue weighted by atomic mass is 10.1. The van der Waals surface area contributed by atoms with Gasteiger partial charge in [-0.3, -0.25) is 10.1 Å². The van der Waals surface area contributed by atoms with Crippen LogP contribution in [0, 0.1) is 0 Å². The van der Waals surface area contributed by atoms with E-state index in [2.05, 4.69) is 35.9 Å². The van der Waals surface area contributed by atoms with Gasteiger partial charge in [0.25, 0.3) is 5.91 Å². The summed E-state index contributed by atoms with van der Waals surface area (Å²) in [6.45, 7) is 8.87. The molecule has 2 heterocycles. The minimum Gasteiger partial charge on any atom is -0.343 e. The van der Waals surface area contributed by atoms with E-state index >= 15 is 0 Å². The smallest absolute Gasteiger partial charge is 0.325 e. The number of likely N-dealkylation sites (N-methyl/N-ethyl adjacent to an activating group) is 1. The first-order valence-electron chi connectivity index (χ1n) is 9.72. The first kappa shape index (κ1) is 19.5. The summed E-state index contributed by atoms with van der Waals surface area (Å²) in [5, 5.41) is 2.46. The number of nitrogens with one attached hydrogen (secondary N) is 1. The number of hydrogen-bond donors (Lipinski definition) is 1. The molecule has 0 aromatic heterocycles. The molecule has 2 aliphatic heterocycles. The van der Waals surface area contributed by atoms with Crippen LogP contribution in [0.4, 0.5) is 4.79 Å². The van der Waals surface area contributed by atoms with Crippen LogP contribution in [0.2, 0.25) is 0 Å². The molecule has 0 saturated carbocycles. The minimum atomic E-state index is -0.419. The number of imide groups is 1. The molecule has 0 radical (unpaired) electrons. The summed E-state index contributed by atoms with van der Waals surface area (Å²) >= 11 is 0. The molecule has 2 rings (SSSR count). The summed E-state index contributed by atoms with van der Waals surface area (Å²) in [5.41, 5.74) is 0. The maximum Gasteiger partial charge on any atom is 0.325 e. The molecule has 2 unspecified atom stereocenters. The summed E-state index contributed by atoms with van der Waals surface area (Å²) in [5.74, 6) is 0.621. The molecule has 0 bridgehead atoms. The van der Waals surface area contributed by atoms with E-state index in [-0.39, 0.29) is 11.9 Å². The normalized spacial score (nSPS) is 22.8. The molecule has 2 atom stereocenters. The van der Waals surface area contributed by atoms with E-state index in [0.29, 0.717) is 0 Å². The minimum absolute atomic E-state index is 0.231. The first-order valence-corrected chi connectivity index (χ1v) is 9.72. The second kappa shape index (κ2) is 9.06. The summed E-state index contributed by atoms with van der Waals surface area (Å²) in [6.07, 6.45) is 6.82. The first-order chi connectivity index (χ1) is 12.0. The molecule has 2 aliphatic rings. The van der Waals surface area contributed by atoms with Gasteiger partial charge >= 0.3 is 6.03 Å². The fourth-order valence-electron chi connectivity index (χ4n) is 3.58. The molecule has 3 amide bonds. The van der Waals surface area contributed by atoms with Gasteiger partial charge in [-0.25, -0.2) is 9.79 Å². The van der Waals surface area contributed by atoms with Gasteiger partial charge in [0.2, 0.25) is 0 Å². The SMILES string of the molecule is CCCCCCCCN1C(N(CC)CC)=NC2C1C(=O)NC(=O)N2C. The summed E-state index contributed by atoms with van der Waals surface area (Å²) in [4.78, 5) is 35.0. The van der Waals surface area contributed by atoms with Crippen molar-refractivity contribution in [2.75, 3.05) is 26.7 Å². The van der Waals surface area contributed by atoms with Gasteiger partial charge in [0.15, 0.2) is 18.2 Å². The van der Waals surface area contributed by atoms with Crippen LogP contribution in [-0.4, -0.2) is 71.5 Å². The van der Waals surface area contributed by atoms with Crippen LogP contribution in [0.15, 0.2) is 4.99 Å². The summed E-state index contributed by atoms with van der Waals surface area (Å²) < 4.78 is 0. The second-order valence-electron chi connectivity index (χ2n) is 6.83. The van der Waals surface area contributed by atoms with Crippen LogP contribution in [0.1, 0.15) is 59.3 Å². The lowest BCUT2D eigenvalue weighted by Crippen LogP contribution is -2.64. The standard InChI is InChI=1S/C18H33N5O2/c1-5-8-9-10-11-12-13-23-14-15(19-17(23)22(6-2)7-3)21(4)18(25)20-16(14)24/h14-15H,5-13H2,1-4H3,(H,20,24,25). The Morgan fingerprint density at radius 2 is 1.68 bits per heavy atom. The maximum absolute atomic E-state index is 12.5. The van der Waals surface area contributed by atoms with Gasteiger partial charge in [0.1, 0.15) is 0 Å². The number of guanidine groups is 1. The molecule has 0 aromatic carbocycles. The molecule has 0 aliphatic carbocycles. The van der Waals surface area contributed by atoms with Crippen LogP contribution in [0.3, 0.4) is 0 Å². The number of carbonyl (C=O) groups excluding carboxylic acids is 2. The lowest BCUT2D eigenvalue weighted by molar-refractivity contribution is -0.127. The Balaban J connectivity index is 2.08. The van der Waals surface area contributed by atoms with Crippen molar-refractivity contribution in [3.63, 3.8) is 0 Å². The molecule has 25 heavy (non-hydrogen) atoms. The molecular formula is C18H33N5O2. The van der Waals surface area contributed by atoms with E-state index in [9.17, 15) is 9.59 Å². The molecule has 7 heteroatoms. The largest absolute Gasteiger partial charge is 0.343 e. The predicted octanol–water partition coefficient (Wildman–Crippen LogP) is 2.24. The van der Waals surface area contributed by atoms with E-state index in [1.807, 2.05) is 0 Å². The number of carbonyl (C=O) groups is 2. The Bertz CT molecular complexity index is 504. The number of aliphatic imine (C=N–C) groups is 1. The third-order valence-electron chi connectivity index (χ3n) is 5.14. The number of hydrogen-bond acceptors (Lipinski definition) is 5. The van der Waals surface area contributed by atoms with E-state index in [1.165, 1.54) is 30.6 Å². The fraction of sp³-hybridized carbons (Fsp3) is 0.833. The molecule has 1 N–H and O–H groups in total. The number of nitrogens with zero attached hydrogens (tertiary/aromatic N) is 4. The molecule has 1 saturated heterocycles. The quantitative estimate of drug-likeness (QED) is 0.647. The van der Waals surface area contributed by atoms with Crippen LogP contribution < -0.4 is 5.32 Å². The zero-order chi connectivity index (χ0) is 18.4. The Morgan fingerprint density at radius 3 is 2.32 bits per heavy atom. The van der Waals surface area contributed by atoms with E-state index in [4.69, 9.17) is 4.99 Å². The molecule has 0 aromatic rings. The predicted molar refractivity (Wildman–Crippen MR) is 99.3 cm³/mol. The third kappa shape index (κ3) is 4.25. The molecule has 1 fully saturated rings. The maximum atomic E-state index is 12.5. The molecule has 142 valence electrons. The van der Waals surface area contributed by atoms with Crippen molar-refractivity contribution >= 4 is 17.9 Å². The molecule has 0 spiro atoms. The Kier molecular flexibility index (Phi) is 7.08. The Labute approximate surface area is 151 Å². The van der Waals surface area contributed by atoms with Crippen molar-refractivity contribution in [1.82, 2.24) is 20.0 Å². The van der Waals surface area contributed by atoms with Gasteiger partial charge in [-0.1, -0.05) is 39.0 Å². The summed E-state index contributed by atoms with van der Waals surface area (Å²) in [6, 6.07) is -0.774. The molecule has 7 nitrogen and oxygen atoms in total. The van der Waals surface area contributed by atoms with Gasteiger partial charge in [0.05, 0.1) is 0 Å². The number of urea groups is 1. The zero-order valence-electron chi connectivity index (χ0n) is 16.1. The van der Waals surface area contributed by atoms with Crippen molar-refractivity contribution in [3.8, 4) is 0 Å². The highest BCUT2D eigenvalue weighted by Crippen LogP contribution is 2.26. The van der Waals surface area contributed by atoms with Gasteiger partial charge in [-0.15, -0.1) is 0 Å². The van der Waals surface area contributed by atoms with Crippen molar-refractivity contribution in [1.29, 1.82) is 0 Å².